The number of carbonyl (C=O) groups is 2. The zero-order valence-electron chi connectivity index (χ0n) is 13.1. The van der Waals surface area contributed by atoms with Gasteiger partial charge in [0.1, 0.15) is 6.04 Å². The number of hydrogen-bond donors (Lipinski definition) is 1. The van der Waals surface area contributed by atoms with Crippen LogP contribution in [0.2, 0.25) is 0 Å². The minimum Gasteiger partial charge on any atom is -0.467 e. The molecule has 0 fully saturated rings. The normalized spacial score (nSPS) is 12.8. The highest BCUT2D eigenvalue weighted by Crippen LogP contribution is 2.12. The van der Waals surface area contributed by atoms with E-state index in [9.17, 15) is 18.0 Å². The van der Waals surface area contributed by atoms with Crippen molar-refractivity contribution in [2.75, 3.05) is 13.4 Å². The van der Waals surface area contributed by atoms with Gasteiger partial charge in [0.05, 0.1) is 12.0 Å². The molecule has 1 aromatic carbocycles. The molecule has 7 heteroatoms. The predicted octanol–water partition coefficient (Wildman–Crippen LogP) is 1.41. The van der Waals surface area contributed by atoms with Crippen LogP contribution >= 0.6 is 0 Å². The van der Waals surface area contributed by atoms with Gasteiger partial charge in [-0.15, -0.1) is 0 Å². The van der Waals surface area contributed by atoms with Crippen LogP contribution in [0.4, 0.5) is 0 Å². The number of rotatable bonds is 6. The maximum atomic E-state index is 12.1. The minimum atomic E-state index is -3.31. The first-order valence-corrected chi connectivity index (χ1v) is 8.73. The molecule has 0 radical (unpaired) electrons. The summed E-state index contributed by atoms with van der Waals surface area (Å²) in [6, 6.07) is 4.82. The highest BCUT2D eigenvalue weighted by Gasteiger charge is 2.23. The highest BCUT2D eigenvalue weighted by molar-refractivity contribution is 7.90. The lowest BCUT2D eigenvalue weighted by molar-refractivity contribution is -0.143. The van der Waals surface area contributed by atoms with Crippen LogP contribution in [0.3, 0.4) is 0 Å². The second kappa shape index (κ2) is 7.40. The SMILES string of the molecule is COC(=O)[C@@H](CC(C)C)NC(=O)c1ccc(S(C)(=O)=O)cc1. The van der Waals surface area contributed by atoms with E-state index in [2.05, 4.69) is 10.1 Å². The second-order valence-electron chi connectivity index (χ2n) is 5.48. The average Bonchev–Trinajstić information content (AvgIpc) is 2.44. The van der Waals surface area contributed by atoms with Gasteiger partial charge in [0.2, 0.25) is 0 Å². The van der Waals surface area contributed by atoms with Crippen LogP contribution in [0, 0.1) is 5.92 Å². The summed E-state index contributed by atoms with van der Waals surface area (Å²) in [4.78, 5) is 24.0. The Morgan fingerprint density at radius 2 is 1.73 bits per heavy atom. The molecule has 0 aliphatic rings. The van der Waals surface area contributed by atoms with Crippen molar-refractivity contribution in [3.63, 3.8) is 0 Å². The van der Waals surface area contributed by atoms with Gasteiger partial charge >= 0.3 is 5.97 Å². The van der Waals surface area contributed by atoms with Gasteiger partial charge in [-0.05, 0) is 36.6 Å². The Kier molecular flexibility index (Phi) is 6.11. The van der Waals surface area contributed by atoms with E-state index in [-0.39, 0.29) is 16.4 Å². The van der Waals surface area contributed by atoms with E-state index in [4.69, 9.17) is 0 Å². The van der Waals surface area contributed by atoms with Crippen LogP contribution in [0.1, 0.15) is 30.6 Å². The molecule has 0 bridgehead atoms. The van der Waals surface area contributed by atoms with Crippen molar-refractivity contribution >= 4 is 21.7 Å². The van der Waals surface area contributed by atoms with E-state index in [0.717, 1.165) is 6.26 Å². The number of ether oxygens (including phenoxy) is 1. The maximum absolute atomic E-state index is 12.1. The van der Waals surface area contributed by atoms with Crippen LogP contribution in [-0.2, 0) is 19.4 Å². The summed E-state index contributed by atoms with van der Waals surface area (Å²) in [5.74, 6) is -0.747. The summed E-state index contributed by atoms with van der Waals surface area (Å²) in [5.41, 5.74) is 0.282. The van der Waals surface area contributed by atoms with Gasteiger partial charge in [0, 0.05) is 11.8 Å². The zero-order chi connectivity index (χ0) is 16.9. The monoisotopic (exact) mass is 327 g/mol. The first-order valence-electron chi connectivity index (χ1n) is 6.84. The lowest BCUT2D eigenvalue weighted by atomic mass is 10.0. The Morgan fingerprint density at radius 1 is 1.18 bits per heavy atom. The van der Waals surface area contributed by atoms with Gasteiger partial charge in [-0.25, -0.2) is 13.2 Å². The van der Waals surface area contributed by atoms with E-state index in [1.54, 1.807) is 0 Å². The Morgan fingerprint density at radius 3 is 2.14 bits per heavy atom. The molecule has 0 unspecified atom stereocenters. The second-order valence-corrected chi connectivity index (χ2v) is 7.49. The van der Waals surface area contributed by atoms with Gasteiger partial charge < -0.3 is 10.1 Å². The third kappa shape index (κ3) is 5.14. The summed E-state index contributed by atoms with van der Waals surface area (Å²) in [5, 5.41) is 2.61. The maximum Gasteiger partial charge on any atom is 0.328 e. The fourth-order valence-corrected chi connectivity index (χ4v) is 2.55. The standard InChI is InChI=1S/C15H21NO5S/c1-10(2)9-13(15(18)21-3)16-14(17)11-5-7-12(8-6-11)22(4,19)20/h5-8,10,13H,9H2,1-4H3,(H,16,17)/t13-/m1/s1. The van der Waals surface area contributed by atoms with Gasteiger partial charge in [-0.3, -0.25) is 4.79 Å². The third-order valence-electron chi connectivity index (χ3n) is 3.04. The molecule has 22 heavy (non-hydrogen) atoms. The van der Waals surface area contributed by atoms with Gasteiger partial charge in [-0.1, -0.05) is 13.8 Å². The van der Waals surface area contributed by atoms with Crippen molar-refractivity contribution in [3.05, 3.63) is 29.8 Å². The predicted molar refractivity (Wildman–Crippen MR) is 82.3 cm³/mol. The molecule has 0 aliphatic heterocycles. The van der Waals surface area contributed by atoms with E-state index < -0.39 is 27.8 Å². The van der Waals surface area contributed by atoms with E-state index in [0.29, 0.717) is 6.42 Å². The summed E-state index contributed by atoms with van der Waals surface area (Å²) in [6.45, 7) is 3.87. The van der Waals surface area contributed by atoms with Crippen molar-refractivity contribution in [2.45, 2.75) is 31.2 Å². The van der Waals surface area contributed by atoms with Gasteiger partial charge in [0.15, 0.2) is 9.84 Å². The van der Waals surface area contributed by atoms with Crippen molar-refractivity contribution in [1.29, 1.82) is 0 Å². The molecule has 1 N–H and O–H groups in total. The van der Waals surface area contributed by atoms with Crippen molar-refractivity contribution in [3.8, 4) is 0 Å². The quantitative estimate of drug-likeness (QED) is 0.798. The first kappa shape index (κ1) is 18.2. The van der Waals surface area contributed by atoms with Crippen molar-refractivity contribution in [2.24, 2.45) is 5.92 Å². The Balaban J connectivity index is 2.88. The van der Waals surface area contributed by atoms with Crippen molar-refractivity contribution < 1.29 is 22.7 Å². The molecule has 0 aromatic heterocycles. The summed E-state index contributed by atoms with van der Waals surface area (Å²) < 4.78 is 27.4. The fourth-order valence-electron chi connectivity index (χ4n) is 1.92. The summed E-state index contributed by atoms with van der Waals surface area (Å²) in [7, 11) is -2.04. The number of carbonyl (C=O) groups excluding carboxylic acids is 2. The Hall–Kier alpha value is -1.89. The number of sulfone groups is 1. The molecular formula is C15H21NO5S. The van der Waals surface area contributed by atoms with E-state index >= 15 is 0 Å². The molecule has 0 heterocycles. The molecule has 1 aromatic rings. The molecule has 6 nitrogen and oxygen atoms in total. The molecular weight excluding hydrogens is 306 g/mol. The first-order chi connectivity index (χ1) is 10.1. The number of amides is 1. The van der Waals surface area contributed by atoms with Crippen LogP contribution in [-0.4, -0.2) is 39.7 Å². The largest absolute Gasteiger partial charge is 0.467 e. The minimum absolute atomic E-state index is 0.135. The average molecular weight is 327 g/mol. The number of esters is 1. The van der Waals surface area contributed by atoms with Crippen LogP contribution in [0.5, 0.6) is 0 Å². The van der Waals surface area contributed by atoms with Crippen LogP contribution in [0.15, 0.2) is 29.2 Å². The lowest BCUT2D eigenvalue weighted by Gasteiger charge is -2.18. The summed E-state index contributed by atoms with van der Waals surface area (Å²) >= 11 is 0. The fraction of sp³-hybridized carbons (Fsp3) is 0.467. The molecule has 1 rings (SSSR count). The Bertz CT molecular complexity index is 634. The third-order valence-corrected chi connectivity index (χ3v) is 4.17. The van der Waals surface area contributed by atoms with E-state index in [1.807, 2.05) is 13.8 Å². The number of methoxy groups -OCH3 is 1. The lowest BCUT2D eigenvalue weighted by Crippen LogP contribution is -2.42. The Labute approximate surface area is 130 Å². The molecule has 0 aliphatic carbocycles. The zero-order valence-corrected chi connectivity index (χ0v) is 13.9. The molecule has 0 saturated heterocycles. The topological polar surface area (TPSA) is 89.5 Å². The highest BCUT2D eigenvalue weighted by atomic mass is 32.2. The van der Waals surface area contributed by atoms with Crippen LogP contribution < -0.4 is 5.32 Å². The summed E-state index contributed by atoms with van der Waals surface area (Å²) in [6.07, 6.45) is 1.55. The number of hydrogen-bond acceptors (Lipinski definition) is 5. The number of benzene rings is 1. The molecule has 0 saturated carbocycles. The smallest absolute Gasteiger partial charge is 0.328 e. The molecule has 0 spiro atoms. The number of nitrogens with one attached hydrogen (secondary N) is 1. The molecule has 1 amide bonds. The van der Waals surface area contributed by atoms with Gasteiger partial charge in [-0.2, -0.15) is 0 Å². The molecule has 122 valence electrons. The van der Waals surface area contributed by atoms with Crippen LogP contribution in [0.25, 0.3) is 0 Å². The van der Waals surface area contributed by atoms with E-state index in [1.165, 1.54) is 31.4 Å². The van der Waals surface area contributed by atoms with Gasteiger partial charge in [0.25, 0.3) is 5.91 Å². The van der Waals surface area contributed by atoms with Crippen molar-refractivity contribution in [1.82, 2.24) is 5.32 Å². The molecule has 1 atom stereocenters.